The maximum atomic E-state index is 3.29. The molecule has 1 heteroatoms. The van der Waals surface area contributed by atoms with E-state index in [0.717, 1.165) is 6.54 Å². The zero-order valence-corrected chi connectivity index (χ0v) is 10.6. The Labute approximate surface area is 93.9 Å². The highest BCUT2D eigenvalue weighted by Crippen LogP contribution is 2.26. The normalized spacial score (nSPS) is 13.2. The molecule has 84 valence electrons. The first kappa shape index (κ1) is 12.3. The Morgan fingerprint density at radius 2 is 1.87 bits per heavy atom. The highest BCUT2D eigenvalue weighted by molar-refractivity contribution is 5.33. The van der Waals surface area contributed by atoms with Crippen LogP contribution in [0.2, 0.25) is 0 Å². The average Bonchev–Trinajstić information content (AvgIpc) is 2.15. The molecule has 0 bridgehead atoms. The lowest BCUT2D eigenvalue weighted by Gasteiger charge is -2.23. The van der Waals surface area contributed by atoms with Gasteiger partial charge in [0.1, 0.15) is 0 Å². The number of hydrogen-bond acceptors (Lipinski definition) is 1. The van der Waals surface area contributed by atoms with Crippen LogP contribution in [0.4, 0.5) is 0 Å². The number of rotatable bonds is 4. The van der Waals surface area contributed by atoms with E-state index in [-0.39, 0.29) is 0 Å². The first-order chi connectivity index (χ1) is 7.06. The van der Waals surface area contributed by atoms with Crippen LogP contribution >= 0.6 is 0 Å². The summed E-state index contributed by atoms with van der Waals surface area (Å²) < 4.78 is 0. The van der Waals surface area contributed by atoms with E-state index in [9.17, 15) is 0 Å². The molecule has 0 fully saturated rings. The molecule has 1 nitrogen and oxygen atoms in total. The second-order valence-electron chi connectivity index (χ2n) is 4.77. The summed E-state index contributed by atoms with van der Waals surface area (Å²) in [7, 11) is 2.03. The van der Waals surface area contributed by atoms with E-state index in [1.54, 1.807) is 0 Å². The van der Waals surface area contributed by atoms with E-state index in [0.29, 0.717) is 11.8 Å². The monoisotopic (exact) mass is 205 g/mol. The number of aryl methyl sites for hydroxylation is 2. The summed E-state index contributed by atoms with van der Waals surface area (Å²) in [6.45, 7) is 10.0. The Kier molecular flexibility index (Phi) is 4.34. The fourth-order valence-corrected chi connectivity index (χ4v) is 2.17. The van der Waals surface area contributed by atoms with Crippen molar-refractivity contribution in [2.75, 3.05) is 13.6 Å². The molecule has 0 aliphatic heterocycles. The third-order valence-electron chi connectivity index (χ3n) is 3.05. The summed E-state index contributed by atoms with van der Waals surface area (Å²) in [5, 5.41) is 3.29. The van der Waals surface area contributed by atoms with Gasteiger partial charge in [0, 0.05) is 6.54 Å². The van der Waals surface area contributed by atoms with E-state index in [1.807, 2.05) is 7.05 Å². The lowest BCUT2D eigenvalue weighted by atomic mass is 9.85. The fourth-order valence-electron chi connectivity index (χ4n) is 2.17. The van der Waals surface area contributed by atoms with Gasteiger partial charge in [0.15, 0.2) is 0 Å². The Balaban J connectivity index is 3.00. The third-order valence-corrected chi connectivity index (χ3v) is 3.05. The van der Waals surface area contributed by atoms with Crippen molar-refractivity contribution in [2.45, 2.75) is 33.6 Å². The summed E-state index contributed by atoms with van der Waals surface area (Å²) in [6, 6.07) is 6.78. The van der Waals surface area contributed by atoms with Gasteiger partial charge in [0.25, 0.3) is 0 Å². The first-order valence-corrected chi connectivity index (χ1v) is 5.78. The van der Waals surface area contributed by atoms with Gasteiger partial charge in [-0.1, -0.05) is 37.6 Å². The highest BCUT2D eigenvalue weighted by atomic mass is 14.8. The van der Waals surface area contributed by atoms with Gasteiger partial charge in [-0.05, 0) is 43.9 Å². The van der Waals surface area contributed by atoms with Crippen LogP contribution in [0, 0.1) is 19.8 Å². The predicted octanol–water partition coefficient (Wildman–Crippen LogP) is 3.26. The van der Waals surface area contributed by atoms with Gasteiger partial charge in [0.2, 0.25) is 0 Å². The second-order valence-corrected chi connectivity index (χ2v) is 4.77. The van der Waals surface area contributed by atoms with Crippen molar-refractivity contribution in [1.29, 1.82) is 0 Å². The zero-order chi connectivity index (χ0) is 11.4. The van der Waals surface area contributed by atoms with Gasteiger partial charge in [-0.25, -0.2) is 0 Å². The molecule has 1 unspecified atom stereocenters. The van der Waals surface area contributed by atoms with Gasteiger partial charge < -0.3 is 5.32 Å². The molecule has 0 radical (unpaired) electrons. The minimum atomic E-state index is 0.621. The van der Waals surface area contributed by atoms with Gasteiger partial charge in [-0.2, -0.15) is 0 Å². The summed E-state index contributed by atoms with van der Waals surface area (Å²) in [5.41, 5.74) is 4.26. The third kappa shape index (κ3) is 3.07. The van der Waals surface area contributed by atoms with Crippen LogP contribution in [0.15, 0.2) is 18.2 Å². The second kappa shape index (κ2) is 5.32. The molecular formula is C14H23N. The van der Waals surface area contributed by atoms with Crippen LogP contribution in [0.25, 0.3) is 0 Å². The Hall–Kier alpha value is -0.820. The van der Waals surface area contributed by atoms with Crippen LogP contribution in [-0.4, -0.2) is 13.6 Å². The molecule has 0 spiro atoms. The van der Waals surface area contributed by atoms with Gasteiger partial charge in [-0.15, -0.1) is 0 Å². The van der Waals surface area contributed by atoms with Crippen molar-refractivity contribution in [3.8, 4) is 0 Å². The summed E-state index contributed by atoms with van der Waals surface area (Å²) >= 11 is 0. The van der Waals surface area contributed by atoms with Crippen molar-refractivity contribution in [2.24, 2.45) is 5.92 Å². The Morgan fingerprint density at radius 1 is 1.20 bits per heavy atom. The average molecular weight is 205 g/mol. The van der Waals surface area contributed by atoms with Crippen molar-refractivity contribution in [1.82, 2.24) is 5.32 Å². The molecule has 0 aliphatic rings. The van der Waals surface area contributed by atoms with E-state index in [1.165, 1.54) is 16.7 Å². The predicted molar refractivity (Wildman–Crippen MR) is 67.4 cm³/mol. The van der Waals surface area contributed by atoms with Gasteiger partial charge >= 0.3 is 0 Å². The topological polar surface area (TPSA) is 12.0 Å². The molecule has 0 aromatic heterocycles. The van der Waals surface area contributed by atoms with Crippen LogP contribution in [0.3, 0.4) is 0 Å². The van der Waals surface area contributed by atoms with E-state index in [4.69, 9.17) is 0 Å². The maximum Gasteiger partial charge on any atom is 0.00197 e. The Bertz CT molecular complexity index is 315. The minimum Gasteiger partial charge on any atom is -0.319 e. The number of nitrogens with one attached hydrogen (secondary N) is 1. The molecule has 0 heterocycles. The highest BCUT2D eigenvalue weighted by Gasteiger charge is 2.16. The lowest BCUT2D eigenvalue weighted by Crippen LogP contribution is -2.22. The minimum absolute atomic E-state index is 0.621. The van der Waals surface area contributed by atoms with Gasteiger partial charge in [-0.3, -0.25) is 0 Å². The summed E-state index contributed by atoms with van der Waals surface area (Å²) in [5.74, 6) is 1.30. The molecule has 0 amide bonds. The molecule has 0 saturated carbocycles. The molecule has 15 heavy (non-hydrogen) atoms. The maximum absolute atomic E-state index is 3.29. The molecule has 0 aliphatic carbocycles. The smallest absolute Gasteiger partial charge is 0.00197 e. The molecule has 0 saturated heterocycles. The largest absolute Gasteiger partial charge is 0.319 e. The van der Waals surface area contributed by atoms with Crippen LogP contribution < -0.4 is 5.32 Å². The van der Waals surface area contributed by atoms with Crippen LogP contribution in [0.5, 0.6) is 0 Å². The molecule has 1 aromatic carbocycles. The number of hydrogen-bond donors (Lipinski definition) is 1. The van der Waals surface area contributed by atoms with Crippen LogP contribution in [0.1, 0.15) is 36.5 Å². The molecule has 1 atom stereocenters. The number of likely N-dealkylation sites (N-methyl/N-ethyl adjacent to an activating group) is 1. The first-order valence-electron chi connectivity index (χ1n) is 5.78. The van der Waals surface area contributed by atoms with E-state index in [2.05, 4.69) is 51.2 Å². The molecule has 1 aromatic rings. The van der Waals surface area contributed by atoms with Crippen molar-refractivity contribution in [3.63, 3.8) is 0 Å². The standard InChI is InChI=1S/C14H23N/c1-10(2)14(9-15-5)13-7-6-11(3)8-12(13)4/h6-8,10,14-15H,9H2,1-5H3. The van der Waals surface area contributed by atoms with Crippen molar-refractivity contribution in [3.05, 3.63) is 34.9 Å². The SMILES string of the molecule is CNCC(c1ccc(C)cc1C)C(C)C. The van der Waals surface area contributed by atoms with E-state index >= 15 is 0 Å². The van der Waals surface area contributed by atoms with Crippen LogP contribution in [-0.2, 0) is 0 Å². The molecule has 1 N–H and O–H groups in total. The summed E-state index contributed by atoms with van der Waals surface area (Å²) in [6.07, 6.45) is 0. The zero-order valence-electron chi connectivity index (χ0n) is 10.6. The molecule has 1 rings (SSSR count). The lowest BCUT2D eigenvalue weighted by molar-refractivity contribution is 0.476. The van der Waals surface area contributed by atoms with Gasteiger partial charge in [0.05, 0.1) is 0 Å². The Morgan fingerprint density at radius 3 is 2.33 bits per heavy atom. The van der Waals surface area contributed by atoms with E-state index < -0.39 is 0 Å². The van der Waals surface area contributed by atoms with Crippen molar-refractivity contribution < 1.29 is 0 Å². The summed E-state index contributed by atoms with van der Waals surface area (Å²) in [4.78, 5) is 0. The molecular weight excluding hydrogens is 182 g/mol. The van der Waals surface area contributed by atoms with Crippen molar-refractivity contribution >= 4 is 0 Å². The quantitative estimate of drug-likeness (QED) is 0.795. The number of benzene rings is 1. The fraction of sp³-hybridized carbons (Fsp3) is 0.571.